The molecule has 2 N–H and O–H groups in total. The summed E-state index contributed by atoms with van der Waals surface area (Å²) >= 11 is 0. The van der Waals surface area contributed by atoms with Crippen LogP contribution in [0.25, 0.3) is 0 Å². The van der Waals surface area contributed by atoms with E-state index in [4.69, 9.17) is 0 Å². The van der Waals surface area contributed by atoms with Crippen LogP contribution in [0.4, 0.5) is 0 Å². The number of carbonyl (C=O) groups is 3. The summed E-state index contributed by atoms with van der Waals surface area (Å²) in [6, 6.07) is 6.35. The zero-order valence-electron chi connectivity index (χ0n) is 16.4. The van der Waals surface area contributed by atoms with Crippen molar-refractivity contribution < 1.29 is 14.4 Å². The van der Waals surface area contributed by atoms with Gasteiger partial charge in [-0.05, 0) is 63.1 Å². The number of aromatic amines is 1. The summed E-state index contributed by atoms with van der Waals surface area (Å²) in [7, 11) is 0. The van der Waals surface area contributed by atoms with Gasteiger partial charge in [0.15, 0.2) is 0 Å². The van der Waals surface area contributed by atoms with Gasteiger partial charge in [-0.1, -0.05) is 0 Å². The van der Waals surface area contributed by atoms with Crippen LogP contribution in [0.5, 0.6) is 0 Å². The average molecular weight is 381 g/mol. The molecule has 1 aromatic heterocycles. The average Bonchev–Trinajstić information content (AvgIpc) is 2.59. The van der Waals surface area contributed by atoms with Crippen molar-refractivity contribution in [3.05, 3.63) is 68.1 Å². The summed E-state index contributed by atoms with van der Waals surface area (Å²) in [5.74, 6) is -0.977. The number of aryl methyl sites for hydroxylation is 2. The van der Waals surface area contributed by atoms with Crippen molar-refractivity contribution in [3.63, 3.8) is 0 Å². The number of pyridine rings is 1. The van der Waals surface area contributed by atoms with Crippen LogP contribution in [0.2, 0.25) is 0 Å². The number of carbonyl (C=O) groups excluding carboxylic acids is 3. The normalized spacial score (nSPS) is 13.7. The summed E-state index contributed by atoms with van der Waals surface area (Å²) in [6.07, 6.45) is 0.0805. The fourth-order valence-electron chi connectivity index (χ4n) is 3.48. The highest BCUT2D eigenvalue weighted by Crippen LogP contribution is 2.23. The molecule has 7 heteroatoms. The molecule has 0 radical (unpaired) electrons. The van der Waals surface area contributed by atoms with Crippen molar-refractivity contribution in [2.24, 2.45) is 0 Å². The Morgan fingerprint density at radius 1 is 1.18 bits per heavy atom. The van der Waals surface area contributed by atoms with Gasteiger partial charge in [0.05, 0.1) is 6.42 Å². The number of H-pyrrole nitrogens is 1. The van der Waals surface area contributed by atoms with Crippen LogP contribution in [-0.4, -0.2) is 33.6 Å². The van der Waals surface area contributed by atoms with E-state index in [0.29, 0.717) is 22.3 Å². The van der Waals surface area contributed by atoms with E-state index in [1.165, 1.54) is 4.90 Å². The third kappa shape index (κ3) is 3.60. The molecule has 1 aliphatic heterocycles. The number of nitrogens with zero attached hydrogens (tertiary/aromatic N) is 1. The number of rotatable bonds is 4. The lowest BCUT2D eigenvalue weighted by Crippen LogP contribution is -2.46. The molecule has 7 nitrogen and oxygen atoms in total. The van der Waals surface area contributed by atoms with Crippen molar-refractivity contribution in [1.29, 1.82) is 0 Å². The highest BCUT2D eigenvalue weighted by atomic mass is 16.2. The topological polar surface area (TPSA) is 99.3 Å². The second-order valence-electron chi connectivity index (χ2n) is 7.34. The standard InChI is InChI=1S/C21H23N3O4/c1-11(2)24-18(25)9-15-8-14(5-6-16(15)21(24)28)19(26)22-10-17-12(3)7-13(4)23-20(17)27/h5-8,11H,9-10H2,1-4H3,(H,22,26)(H,23,27). The minimum Gasteiger partial charge on any atom is -0.348 e. The summed E-state index contributed by atoms with van der Waals surface area (Å²) in [6.45, 7) is 7.29. The van der Waals surface area contributed by atoms with Crippen LogP contribution in [0.15, 0.2) is 29.1 Å². The maximum absolute atomic E-state index is 12.5. The zero-order valence-corrected chi connectivity index (χ0v) is 16.4. The Morgan fingerprint density at radius 3 is 2.54 bits per heavy atom. The molecule has 0 unspecified atom stereocenters. The number of nitrogens with one attached hydrogen (secondary N) is 2. The molecule has 0 atom stereocenters. The number of amides is 3. The van der Waals surface area contributed by atoms with Crippen molar-refractivity contribution in [3.8, 4) is 0 Å². The van der Waals surface area contributed by atoms with Gasteiger partial charge in [-0.3, -0.25) is 24.1 Å². The minimum absolute atomic E-state index is 0.0805. The highest BCUT2D eigenvalue weighted by Gasteiger charge is 2.32. The Labute approximate surface area is 162 Å². The van der Waals surface area contributed by atoms with Crippen molar-refractivity contribution in [2.45, 2.75) is 46.7 Å². The van der Waals surface area contributed by atoms with Gasteiger partial charge in [0.2, 0.25) is 5.91 Å². The second-order valence-corrected chi connectivity index (χ2v) is 7.34. The Bertz CT molecular complexity index is 1040. The third-order valence-electron chi connectivity index (χ3n) is 4.86. The molecule has 1 aliphatic rings. The molecule has 0 aliphatic carbocycles. The SMILES string of the molecule is Cc1cc(C)c(CNC(=O)c2ccc3c(c2)CC(=O)N(C(C)C)C3=O)c(=O)[nH]1. The second kappa shape index (κ2) is 7.42. The van der Waals surface area contributed by atoms with Gasteiger partial charge >= 0.3 is 0 Å². The molecule has 3 rings (SSSR count). The molecule has 0 saturated heterocycles. The van der Waals surface area contributed by atoms with Crippen LogP contribution in [0.3, 0.4) is 0 Å². The van der Waals surface area contributed by atoms with Gasteiger partial charge in [-0.25, -0.2) is 0 Å². The quantitative estimate of drug-likeness (QED) is 0.790. The van der Waals surface area contributed by atoms with Crippen LogP contribution >= 0.6 is 0 Å². The van der Waals surface area contributed by atoms with Crippen molar-refractivity contribution in [2.75, 3.05) is 0 Å². The molecular weight excluding hydrogens is 358 g/mol. The molecule has 0 saturated carbocycles. The maximum atomic E-state index is 12.5. The van der Waals surface area contributed by atoms with Gasteiger partial charge in [0.1, 0.15) is 0 Å². The molecule has 0 bridgehead atoms. The lowest BCUT2D eigenvalue weighted by molar-refractivity contribution is -0.129. The summed E-state index contributed by atoms with van der Waals surface area (Å²) in [4.78, 5) is 53.4. The number of hydrogen-bond donors (Lipinski definition) is 2. The molecule has 2 aromatic rings. The van der Waals surface area contributed by atoms with E-state index in [9.17, 15) is 19.2 Å². The fourth-order valence-corrected chi connectivity index (χ4v) is 3.48. The zero-order chi connectivity index (χ0) is 20.6. The van der Waals surface area contributed by atoms with Gasteiger partial charge in [-0.2, -0.15) is 0 Å². The molecule has 28 heavy (non-hydrogen) atoms. The van der Waals surface area contributed by atoms with Gasteiger partial charge in [-0.15, -0.1) is 0 Å². The summed E-state index contributed by atoms with van der Waals surface area (Å²) < 4.78 is 0. The van der Waals surface area contributed by atoms with Crippen LogP contribution in [0.1, 0.15) is 56.9 Å². The number of imide groups is 1. The number of benzene rings is 1. The molecule has 1 aromatic carbocycles. The lowest BCUT2D eigenvalue weighted by atomic mass is 9.95. The third-order valence-corrected chi connectivity index (χ3v) is 4.86. The molecule has 0 spiro atoms. The Morgan fingerprint density at radius 2 is 1.89 bits per heavy atom. The maximum Gasteiger partial charge on any atom is 0.261 e. The van der Waals surface area contributed by atoms with Gasteiger partial charge in [0, 0.05) is 35.0 Å². The van der Waals surface area contributed by atoms with Crippen molar-refractivity contribution in [1.82, 2.24) is 15.2 Å². The van der Waals surface area contributed by atoms with Crippen LogP contribution in [0, 0.1) is 13.8 Å². The number of fused-ring (bicyclic) bond motifs is 1. The summed E-state index contributed by atoms with van der Waals surface area (Å²) in [5, 5.41) is 2.73. The number of hydrogen-bond acceptors (Lipinski definition) is 4. The van der Waals surface area contributed by atoms with Crippen LogP contribution < -0.4 is 10.9 Å². The molecular formula is C21H23N3O4. The van der Waals surface area contributed by atoms with Gasteiger partial charge in [0.25, 0.3) is 17.4 Å². The largest absolute Gasteiger partial charge is 0.348 e. The van der Waals surface area contributed by atoms with E-state index in [-0.39, 0.29) is 42.3 Å². The van der Waals surface area contributed by atoms with E-state index in [1.54, 1.807) is 39.0 Å². The predicted octanol–water partition coefficient (Wildman–Crippen LogP) is 1.86. The molecule has 2 heterocycles. The molecule has 146 valence electrons. The number of aromatic nitrogens is 1. The molecule has 3 amide bonds. The first-order valence-electron chi connectivity index (χ1n) is 9.16. The minimum atomic E-state index is -0.367. The lowest BCUT2D eigenvalue weighted by Gasteiger charge is -2.30. The smallest absolute Gasteiger partial charge is 0.261 e. The Balaban J connectivity index is 1.80. The first-order chi connectivity index (χ1) is 13.2. The Hall–Kier alpha value is -3.22. The fraction of sp³-hybridized carbons (Fsp3) is 0.333. The Kier molecular flexibility index (Phi) is 5.18. The first-order valence-corrected chi connectivity index (χ1v) is 9.16. The van der Waals surface area contributed by atoms with Crippen LogP contribution in [-0.2, 0) is 17.8 Å². The monoisotopic (exact) mass is 381 g/mol. The molecule has 0 fully saturated rings. The predicted molar refractivity (Wildman–Crippen MR) is 104 cm³/mol. The summed E-state index contributed by atoms with van der Waals surface area (Å²) in [5.41, 5.74) is 3.16. The highest BCUT2D eigenvalue weighted by molar-refractivity contribution is 6.10. The first kappa shape index (κ1) is 19.5. The van der Waals surface area contributed by atoms with Crippen molar-refractivity contribution >= 4 is 17.7 Å². The van der Waals surface area contributed by atoms with E-state index < -0.39 is 0 Å². The van der Waals surface area contributed by atoms with E-state index >= 15 is 0 Å². The van der Waals surface area contributed by atoms with E-state index in [2.05, 4.69) is 10.3 Å². The van der Waals surface area contributed by atoms with Gasteiger partial charge < -0.3 is 10.3 Å². The van der Waals surface area contributed by atoms with E-state index in [0.717, 1.165) is 11.3 Å². The van der Waals surface area contributed by atoms with E-state index in [1.807, 2.05) is 13.0 Å².